The summed E-state index contributed by atoms with van der Waals surface area (Å²) in [6.45, 7) is 7.25. The summed E-state index contributed by atoms with van der Waals surface area (Å²) in [5.41, 5.74) is 0.829. The highest BCUT2D eigenvalue weighted by atomic mass is 79.9. The first-order chi connectivity index (χ1) is 9.51. The van der Waals surface area contributed by atoms with Crippen LogP contribution in [0, 0.1) is 5.41 Å². The highest BCUT2D eigenvalue weighted by molar-refractivity contribution is 9.10. The number of halogens is 1. The standard InChI is InChI=1S/C16H26BrNO2/c1-4-14(13-9-12(17)7-8-15(13)20)18-10-16(5-2,6-3)11-19/h7-9,14,18-20H,4-6,10-11H2,1-3H3. The monoisotopic (exact) mass is 343 g/mol. The van der Waals surface area contributed by atoms with Crippen LogP contribution in [-0.4, -0.2) is 23.4 Å². The van der Waals surface area contributed by atoms with Crippen LogP contribution in [0.5, 0.6) is 5.75 Å². The lowest BCUT2D eigenvalue weighted by Gasteiger charge is -2.32. The van der Waals surface area contributed by atoms with E-state index in [1.165, 1.54) is 0 Å². The molecule has 0 spiro atoms. The summed E-state index contributed by atoms with van der Waals surface area (Å²) in [5.74, 6) is 0.315. The maximum absolute atomic E-state index is 10.0. The minimum atomic E-state index is -0.0744. The lowest BCUT2D eigenvalue weighted by Crippen LogP contribution is -2.38. The summed E-state index contributed by atoms with van der Waals surface area (Å²) >= 11 is 3.45. The fourth-order valence-corrected chi connectivity index (χ4v) is 2.78. The Morgan fingerprint density at radius 3 is 2.40 bits per heavy atom. The molecule has 0 amide bonds. The van der Waals surface area contributed by atoms with Gasteiger partial charge in [0, 0.05) is 34.6 Å². The molecule has 1 aromatic rings. The largest absolute Gasteiger partial charge is 0.508 e. The molecule has 0 radical (unpaired) electrons. The topological polar surface area (TPSA) is 52.5 Å². The van der Waals surface area contributed by atoms with Crippen LogP contribution in [0.3, 0.4) is 0 Å². The number of hydrogen-bond donors (Lipinski definition) is 3. The molecule has 0 aromatic heterocycles. The first-order valence-electron chi connectivity index (χ1n) is 7.34. The zero-order valence-electron chi connectivity index (χ0n) is 12.6. The van der Waals surface area contributed by atoms with Crippen molar-refractivity contribution in [3.63, 3.8) is 0 Å². The molecule has 0 saturated heterocycles. The van der Waals surface area contributed by atoms with Crippen molar-refractivity contribution >= 4 is 15.9 Å². The second-order valence-corrected chi connectivity index (χ2v) is 6.33. The number of phenolic OH excluding ortho intramolecular Hbond substituents is 1. The van der Waals surface area contributed by atoms with Gasteiger partial charge in [0.05, 0.1) is 0 Å². The molecule has 0 aliphatic carbocycles. The predicted molar refractivity (Wildman–Crippen MR) is 86.9 cm³/mol. The molecule has 3 N–H and O–H groups in total. The molecule has 1 rings (SSSR count). The van der Waals surface area contributed by atoms with E-state index in [0.29, 0.717) is 5.75 Å². The predicted octanol–water partition coefficient (Wildman–Crippen LogP) is 3.99. The van der Waals surface area contributed by atoms with Gasteiger partial charge in [0.2, 0.25) is 0 Å². The van der Waals surface area contributed by atoms with Crippen LogP contribution < -0.4 is 5.32 Å². The molecule has 0 saturated carbocycles. The van der Waals surface area contributed by atoms with Crippen LogP contribution in [-0.2, 0) is 0 Å². The van der Waals surface area contributed by atoms with Gasteiger partial charge in [-0.2, -0.15) is 0 Å². The van der Waals surface area contributed by atoms with Gasteiger partial charge < -0.3 is 15.5 Å². The highest BCUT2D eigenvalue weighted by Gasteiger charge is 2.26. The molecule has 0 aliphatic rings. The Balaban J connectivity index is 2.84. The van der Waals surface area contributed by atoms with Gasteiger partial charge in [-0.05, 0) is 37.5 Å². The van der Waals surface area contributed by atoms with Crippen molar-refractivity contribution in [2.24, 2.45) is 5.41 Å². The Morgan fingerprint density at radius 2 is 1.90 bits per heavy atom. The second-order valence-electron chi connectivity index (χ2n) is 5.41. The molecule has 1 atom stereocenters. The van der Waals surface area contributed by atoms with Crippen molar-refractivity contribution in [2.45, 2.75) is 46.1 Å². The number of rotatable bonds is 8. The van der Waals surface area contributed by atoms with E-state index in [2.05, 4.69) is 42.0 Å². The number of aliphatic hydroxyl groups is 1. The average molecular weight is 344 g/mol. The van der Waals surface area contributed by atoms with E-state index in [4.69, 9.17) is 0 Å². The molecule has 0 bridgehead atoms. The van der Waals surface area contributed by atoms with E-state index in [1.54, 1.807) is 6.07 Å². The van der Waals surface area contributed by atoms with Crippen molar-refractivity contribution in [3.05, 3.63) is 28.2 Å². The zero-order chi connectivity index (χ0) is 15.2. The van der Waals surface area contributed by atoms with Gasteiger partial charge >= 0.3 is 0 Å². The number of aromatic hydroxyl groups is 1. The molecule has 0 heterocycles. The minimum absolute atomic E-state index is 0.0744. The maximum Gasteiger partial charge on any atom is 0.120 e. The van der Waals surface area contributed by atoms with Gasteiger partial charge in [-0.15, -0.1) is 0 Å². The van der Waals surface area contributed by atoms with Gasteiger partial charge in [-0.25, -0.2) is 0 Å². The van der Waals surface area contributed by atoms with Gasteiger partial charge in [0.25, 0.3) is 0 Å². The normalized spacial score (nSPS) is 13.4. The Labute approximate surface area is 130 Å². The van der Waals surface area contributed by atoms with Crippen LogP contribution in [0.4, 0.5) is 0 Å². The fourth-order valence-electron chi connectivity index (χ4n) is 2.40. The number of nitrogens with one attached hydrogen (secondary N) is 1. The van der Waals surface area contributed by atoms with E-state index in [9.17, 15) is 10.2 Å². The van der Waals surface area contributed by atoms with Gasteiger partial charge in [0.15, 0.2) is 0 Å². The molecular formula is C16H26BrNO2. The van der Waals surface area contributed by atoms with Crippen molar-refractivity contribution < 1.29 is 10.2 Å². The zero-order valence-corrected chi connectivity index (χ0v) is 14.2. The molecule has 0 fully saturated rings. The number of hydrogen-bond acceptors (Lipinski definition) is 3. The fraction of sp³-hybridized carbons (Fsp3) is 0.625. The third kappa shape index (κ3) is 4.21. The summed E-state index contributed by atoms with van der Waals surface area (Å²) < 4.78 is 0.963. The molecule has 114 valence electrons. The van der Waals surface area contributed by atoms with Crippen LogP contribution in [0.25, 0.3) is 0 Å². The van der Waals surface area contributed by atoms with Crippen LogP contribution in [0.15, 0.2) is 22.7 Å². The van der Waals surface area contributed by atoms with Gasteiger partial charge in [-0.3, -0.25) is 0 Å². The van der Waals surface area contributed by atoms with E-state index in [-0.39, 0.29) is 18.1 Å². The number of benzene rings is 1. The van der Waals surface area contributed by atoms with Crippen LogP contribution >= 0.6 is 15.9 Å². The first-order valence-corrected chi connectivity index (χ1v) is 8.13. The summed E-state index contributed by atoms with van der Waals surface area (Å²) in [4.78, 5) is 0. The summed E-state index contributed by atoms with van der Waals surface area (Å²) in [7, 11) is 0. The van der Waals surface area contributed by atoms with Crippen molar-refractivity contribution in [3.8, 4) is 5.75 Å². The SMILES string of the molecule is CCC(NCC(CC)(CC)CO)c1cc(Br)ccc1O. The number of phenols is 1. The van der Waals surface area contributed by atoms with Crippen molar-refractivity contribution in [2.75, 3.05) is 13.2 Å². The minimum Gasteiger partial charge on any atom is -0.508 e. The Hall–Kier alpha value is -0.580. The van der Waals surface area contributed by atoms with Crippen molar-refractivity contribution in [1.29, 1.82) is 0 Å². The molecule has 4 heteroatoms. The molecular weight excluding hydrogens is 318 g/mol. The molecule has 1 aromatic carbocycles. The van der Waals surface area contributed by atoms with E-state index in [0.717, 1.165) is 35.8 Å². The summed E-state index contributed by atoms with van der Waals surface area (Å²) in [6.07, 6.45) is 2.76. The molecule has 3 nitrogen and oxygen atoms in total. The lowest BCUT2D eigenvalue weighted by atomic mass is 9.83. The summed E-state index contributed by atoms with van der Waals surface area (Å²) in [5, 5.41) is 23.2. The van der Waals surface area contributed by atoms with E-state index < -0.39 is 0 Å². The van der Waals surface area contributed by atoms with Gasteiger partial charge in [0.1, 0.15) is 5.75 Å². The highest BCUT2D eigenvalue weighted by Crippen LogP contribution is 2.31. The molecule has 1 unspecified atom stereocenters. The Morgan fingerprint density at radius 1 is 1.25 bits per heavy atom. The lowest BCUT2D eigenvalue weighted by molar-refractivity contribution is 0.109. The first kappa shape index (κ1) is 17.5. The third-order valence-corrected chi connectivity index (χ3v) is 4.83. The average Bonchev–Trinajstić information content (AvgIpc) is 2.48. The van der Waals surface area contributed by atoms with Crippen molar-refractivity contribution in [1.82, 2.24) is 5.32 Å². The Kier molecular flexibility index (Phi) is 7.00. The van der Waals surface area contributed by atoms with Crippen LogP contribution in [0.2, 0.25) is 0 Å². The third-order valence-electron chi connectivity index (χ3n) is 4.33. The second kappa shape index (κ2) is 8.01. The number of aliphatic hydroxyl groups excluding tert-OH is 1. The molecule has 20 heavy (non-hydrogen) atoms. The molecule has 0 aliphatic heterocycles. The smallest absolute Gasteiger partial charge is 0.120 e. The maximum atomic E-state index is 10.0. The quantitative estimate of drug-likeness (QED) is 0.668. The van der Waals surface area contributed by atoms with E-state index in [1.807, 2.05) is 12.1 Å². The summed E-state index contributed by atoms with van der Waals surface area (Å²) in [6, 6.07) is 5.59. The Bertz CT molecular complexity index is 411. The van der Waals surface area contributed by atoms with Crippen LogP contribution in [0.1, 0.15) is 51.6 Å². The van der Waals surface area contributed by atoms with E-state index >= 15 is 0 Å². The van der Waals surface area contributed by atoms with Gasteiger partial charge in [-0.1, -0.05) is 36.7 Å².